The Hall–Kier alpha value is -0.560. The van der Waals surface area contributed by atoms with Gasteiger partial charge in [0.1, 0.15) is 5.69 Å². The molecular weight excluding hydrogens is 297 g/mol. The molecule has 0 aliphatic heterocycles. The first-order valence-corrected chi connectivity index (χ1v) is 5.54. The van der Waals surface area contributed by atoms with Crippen LogP contribution in [0.3, 0.4) is 0 Å². The van der Waals surface area contributed by atoms with Gasteiger partial charge in [-0.25, -0.2) is 9.97 Å². The van der Waals surface area contributed by atoms with Gasteiger partial charge in [0.05, 0.1) is 0 Å². The third-order valence-corrected chi connectivity index (χ3v) is 2.86. The lowest BCUT2D eigenvalue weighted by Crippen LogP contribution is -1.87. The predicted molar refractivity (Wildman–Crippen MR) is 60.6 cm³/mol. The molecule has 0 radical (unpaired) electrons. The van der Waals surface area contributed by atoms with Gasteiger partial charge >= 0.3 is 0 Å². The fraction of sp³-hybridized carbons (Fsp3) is 0.125. The molecule has 0 aromatic carbocycles. The number of pyridine rings is 1. The highest BCUT2D eigenvalue weighted by molar-refractivity contribution is 14.1. The van der Waals surface area contributed by atoms with Crippen molar-refractivity contribution in [2.45, 2.75) is 6.92 Å². The predicted octanol–water partition coefficient (Wildman–Crippen LogP) is 2.51. The molecule has 0 aliphatic carbocycles. The van der Waals surface area contributed by atoms with Crippen LogP contribution in [0.5, 0.6) is 0 Å². The summed E-state index contributed by atoms with van der Waals surface area (Å²) in [5.41, 5.74) is 1.83. The molecule has 13 heavy (non-hydrogen) atoms. The van der Waals surface area contributed by atoms with Crippen LogP contribution in [0.15, 0.2) is 18.2 Å². The maximum Gasteiger partial charge on any atom is 0.192 e. The topological polar surface area (TPSA) is 38.7 Å². The summed E-state index contributed by atoms with van der Waals surface area (Å²) < 4.78 is 5.13. The highest BCUT2D eigenvalue weighted by atomic mass is 127. The standard InChI is InChI=1S/C8H6IN3S/c1-5-3-2-4-6(10-5)7-11-8(9)13-12-7/h2-4H,1H3. The molecule has 2 aromatic rings. The van der Waals surface area contributed by atoms with Crippen LogP contribution in [-0.4, -0.2) is 14.3 Å². The van der Waals surface area contributed by atoms with Gasteiger partial charge in [0.25, 0.3) is 0 Å². The van der Waals surface area contributed by atoms with Gasteiger partial charge in [-0.05, 0) is 53.2 Å². The van der Waals surface area contributed by atoms with Crippen molar-refractivity contribution in [3.05, 3.63) is 26.9 Å². The molecule has 0 atom stereocenters. The Labute approximate surface area is 93.6 Å². The van der Waals surface area contributed by atoms with Crippen molar-refractivity contribution < 1.29 is 0 Å². The smallest absolute Gasteiger partial charge is 0.192 e. The second-order valence-electron chi connectivity index (χ2n) is 2.54. The lowest BCUT2D eigenvalue weighted by molar-refractivity contribution is 1.16. The highest BCUT2D eigenvalue weighted by Gasteiger charge is 2.05. The third-order valence-electron chi connectivity index (χ3n) is 1.52. The van der Waals surface area contributed by atoms with Crippen molar-refractivity contribution in [3.8, 4) is 11.5 Å². The first-order valence-electron chi connectivity index (χ1n) is 3.69. The Morgan fingerprint density at radius 1 is 1.31 bits per heavy atom. The maximum absolute atomic E-state index is 4.34. The molecule has 0 unspecified atom stereocenters. The van der Waals surface area contributed by atoms with E-state index in [1.807, 2.05) is 25.1 Å². The van der Waals surface area contributed by atoms with Crippen LogP contribution in [0.1, 0.15) is 5.69 Å². The van der Waals surface area contributed by atoms with E-state index in [-0.39, 0.29) is 0 Å². The minimum Gasteiger partial charge on any atom is -0.250 e. The normalized spacial score (nSPS) is 10.3. The van der Waals surface area contributed by atoms with Crippen molar-refractivity contribution in [1.82, 2.24) is 14.3 Å². The van der Waals surface area contributed by atoms with E-state index in [0.29, 0.717) is 0 Å². The first kappa shape index (κ1) is 9.01. The lowest BCUT2D eigenvalue weighted by atomic mass is 10.3. The number of hydrogen-bond donors (Lipinski definition) is 0. The Morgan fingerprint density at radius 3 is 2.77 bits per heavy atom. The first-order chi connectivity index (χ1) is 6.25. The summed E-state index contributed by atoms with van der Waals surface area (Å²) in [6, 6.07) is 5.84. The van der Waals surface area contributed by atoms with Gasteiger partial charge in [0, 0.05) is 5.69 Å². The fourth-order valence-corrected chi connectivity index (χ4v) is 1.92. The summed E-state index contributed by atoms with van der Waals surface area (Å²) in [6.45, 7) is 1.96. The molecule has 2 rings (SSSR count). The van der Waals surface area contributed by atoms with E-state index in [0.717, 1.165) is 20.2 Å². The average molecular weight is 303 g/mol. The van der Waals surface area contributed by atoms with Gasteiger partial charge in [-0.1, -0.05) is 6.07 Å². The van der Waals surface area contributed by atoms with E-state index in [9.17, 15) is 0 Å². The summed E-state index contributed by atoms with van der Waals surface area (Å²) in [7, 11) is 0. The Balaban J connectivity index is 2.46. The zero-order chi connectivity index (χ0) is 9.26. The summed E-state index contributed by atoms with van der Waals surface area (Å²) in [5, 5.41) is 0. The largest absolute Gasteiger partial charge is 0.250 e. The summed E-state index contributed by atoms with van der Waals surface area (Å²) >= 11 is 3.54. The number of nitrogens with zero attached hydrogens (tertiary/aromatic N) is 3. The Bertz CT molecular complexity index is 427. The summed E-state index contributed by atoms with van der Waals surface area (Å²) in [5.74, 6) is 0.720. The number of hydrogen-bond acceptors (Lipinski definition) is 4. The van der Waals surface area contributed by atoms with Crippen molar-refractivity contribution >= 4 is 34.1 Å². The van der Waals surface area contributed by atoms with E-state index in [4.69, 9.17) is 0 Å². The molecule has 0 spiro atoms. The van der Waals surface area contributed by atoms with Gasteiger partial charge < -0.3 is 0 Å². The van der Waals surface area contributed by atoms with Crippen LogP contribution in [0.25, 0.3) is 11.5 Å². The molecule has 0 aliphatic rings. The molecule has 0 saturated heterocycles. The van der Waals surface area contributed by atoms with E-state index in [1.165, 1.54) is 11.5 Å². The van der Waals surface area contributed by atoms with Crippen LogP contribution in [0.4, 0.5) is 0 Å². The van der Waals surface area contributed by atoms with Crippen LogP contribution >= 0.6 is 34.1 Å². The molecule has 0 fully saturated rings. The number of rotatable bonds is 1. The molecule has 5 heteroatoms. The molecule has 2 heterocycles. The third kappa shape index (κ3) is 2.02. The fourth-order valence-electron chi connectivity index (χ4n) is 0.977. The molecule has 3 nitrogen and oxygen atoms in total. The zero-order valence-corrected chi connectivity index (χ0v) is 9.83. The van der Waals surface area contributed by atoms with Gasteiger partial charge in [-0.2, -0.15) is 4.37 Å². The van der Waals surface area contributed by atoms with Crippen LogP contribution < -0.4 is 0 Å². The lowest BCUT2D eigenvalue weighted by Gasteiger charge is -1.94. The van der Waals surface area contributed by atoms with Gasteiger partial charge in [0.15, 0.2) is 8.84 Å². The van der Waals surface area contributed by atoms with E-state index in [2.05, 4.69) is 36.9 Å². The van der Waals surface area contributed by atoms with Crippen molar-refractivity contribution in [3.63, 3.8) is 0 Å². The molecule has 2 aromatic heterocycles. The van der Waals surface area contributed by atoms with Gasteiger partial charge in [-0.15, -0.1) is 0 Å². The molecule has 0 bridgehead atoms. The Kier molecular flexibility index (Phi) is 2.54. The monoisotopic (exact) mass is 303 g/mol. The van der Waals surface area contributed by atoms with E-state index < -0.39 is 0 Å². The minimum atomic E-state index is 0.720. The van der Waals surface area contributed by atoms with Gasteiger partial charge in [0.2, 0.25) is 0 Å². The zero-order valence-electron chi connectivity index (χ0n) is 6.86. The Morgan fingerprint density at radius 2 is 2.15 bits per heavy atom. The van der Waals surface area contributed by atoms with Gasteiger partial charge in [-0.3, -0.25) is 0 Å². The van der Waals surface area contributed by atoms with Crippen LogP contribution in [0, 0.1) is 9.94 Å². The molecule has 0 saturated carbocycles. The van der Waals surface area contributed by atoms with Crippen molar-refractivity contribution in [2.75, 3.05) is 0 Å². The van der Waals surface area contributed by atoms with Crippen molar-refractivity contribution in [2.24, 2.45) is 0 Å². The molecular formula is C8H6IN3S. The van der Waals surface area contributed by atoms with E-state index >= 15 is 0 Å². The van der Waals surface area contributed by atoms with Crippen molar-refractivity contribution in [1.29, 1.82) is 0 Å². The second-order valence-corrected chi connectivity index (χ2v) is 5.04. The van der Waals surface area contributed by atoms with Crippen LogP contribution in [-0.2, 0) is 0 Å². The number of aryl methyl sites for hydroxylation is 1. The van der Waals surface area contributed by atoms with Crippen LogP contribution in [0.2, 0.25) is 0 Å². The highest BCUT2D eigenvalue weighted by Crippen LogP contribution is 2.16. The molecule has 66 valence electrons. The summed E-state index contributed by atoms with van der Waals surface area (Å²) in [4.78, 5) is 8.59. The SMILES string of the molecule is Cc1cccc(-c2nsc(I)n2)n1. The average Bonchev–Trinajstić information content (AvgIpc) is 2.52. The second kappa shape index (κ2) is 3.67. The molecule has 0 N–H and O–H groups in total. The maximum atomic E-state index is 4.34. The minimum absolute atomic E-state index is 0.720. The number of aromatic nitrogens is 3. The number of halogens is 1. The molecule has 0 amide bonds. The van der Waals surface area contributed by atoms with E-state index in [1.54, 1.807) is 0 Å². The quantitative estimate of drug-likeness (QED) is 0.760. The summed E-state index contributed by atoms with van der Waals surface area (Å²) in [6.07, 6.45) is 0.